The lowest BCUT2D eigenvalue weighted by Crippen LogP contribution is -2.23. The Balaban J connectivity index is 1.01. The van der Waals surface area contributed by atoms with Crippen LogP contribution in [0.25, 0.3) is 104 Å². The fourth-order valence-electron chi connectivity index (χ4n) is 11.1. The van der Waals surface area contributed by atoms with Gasteiger partial charge in [0.15, 0.2) is 0 Å². The first kappa shape index (κ1) is 41.9. The SMILES string of the molecule is C=Cc1cc2ccc3ccc(-c4ccc5c(c4)C(C=C)(CCCOC(=O)C(=C)C)c4cc(-c6ccc7ccc8cc(CCCOC(=O)C(=C)C)cc9ccc6c7c89)ccc4-5)c4ccc(c1)c2c34. The fourth-order valence-corrected chi connectivity index (χ4v) is 11.1. The van der Waals surface area contributed by atoms with Gasteiger partial charge in [0.1, 0.15) is 0 Å². The van der Waals surface area contributed by atoms with Crippen molar-refractivity contribution in [2.75, 3.05) is 13.2 Å². The van der Waals surface area contributed by atoms with E-state index < -0.39 is 5.41 Å². The molecule has 1 unspecified atom stereocenters. The molecule has 67 heavy (non-hydrogen) atoms. The van der Waals surface area contributed by atoms with Crippen molar-refractivity contribution in [2.45, 2.75) is 44.9 Å². The number of carbonyl (C=O) groups is 2. The maximum absolute atomic E-state index is 12.5. The van der Waals surface area contributed by atoms with E-state index in [4.69, 9.17) is 9.47 Å². The van der Waals surface area contributed by atoms with E-state index in [0.717, 1.165) is 29.5 Å². The van der Waals surface area contributed by atoms with Crippen molar-refractivity contribution in [2.24, 2.45) is 0 Å². The number of hydrogen-bond donors (Lipinski definition) is 0. The van der Waals surface area contributed by atoms with Gasteiger partial charge in [-0.15, -0.1) is 6.58 Å². The number of rotatable bonds is 14. The van der Waals surface area contributed by atoms with Crippen molar-refractivity contribution in [1.29, 1.82) is 0 Å². The molecular formula is C63H50O4. The lowest BCUT2D eigenvalue weighted by Gasteiger charge is -2.29. The quantitative estimate of drug-likeness (QED) is 0.0359. The molecule has 0 saturated heterocycles. The van der Waals surface area contributed by atoms with Crippen molar-refractivity contribution < 1.29 is 19.1 Å². The molecule has 4 nitrogen and oxygen atoms in total. The van der Waals surface area contributed by atoms with Crippen LogP contribution < -0.4 is 0 Å². The van der Waals surface area contributed by atoms with Crippen molar-refractivity contribution >= 4 is 82.6 Å². The van der Waals surface area contributed by atoms with Crippen LogP contribution >= 0.6 is 0 Å². The van der Waals surface area contributed by atoms with Crippen molar-refractivity contribution in [3.63, 3.8) is 0 Å². The van der Waals surface area contributed by atoms with Gasteiger partial charge in [-0.3, -0.25) is 0 Å². The number of esters is 2. The van der Waals surface area contributed by atoms with Crippen molar-refractivity contribution in [3.8, 4) is 33.4 Å². The Hall–Kier alpha value is -7.82. The summed E-state index contributed by atoms with van der Waals surface area (Å²) < 4.78 is 11.1. The number of ether oxygens (including phenoxy) is 2. The summed E-state index contributed by atoms with van der Waals surface area (Å²) in [6.45, 7) is 20.1. The fraction of sp³-hybridized carbons (Fsp3) is 0.143. The summed E-state index contributed by atoms with van der Waals surface area (Å²) in [4.78, 5) is 24.5. The van der Waals surface area contributed by atoms with Gasteiger partial charge in [0, 0.05) is 16.6 Å². The first-order chi connectivity index (χ1) is 32.6. The van der Waals surface area contributed by atoms with Crippen LogP contribution in [-0.2, 0) is 30.9 Å². The molecule has 0 aliphatic heterocycles. The second-order valence-electron chi connectivity index (χ2n) is 18.5. The maximum Gasteiger partial charge on any atom is 0.333 e. The molecule has 1 aliphatic carbocycles. The van der Waals surface area contributed by atoms with Gasteiger partial charge < -0.3 is 9.47 Å². The Bertz CT molecular complexity index is 3700. The standard InChI is InChI=1S/C63H50O4/c1-7-39-31-45-14-12-41-16-22-49(53-26-20-47(32-39)57(45)59(41)53)43-18-24-51-52-25-19-44(36-56(52)63(8-2,55(51)35-43)28-10-30-67-62(65)38(5)6)50-23-17-42-13-15-46-33-40(11-9-29-66-61(64)37(3)4)34-48-21-27-54(50)60(42)58(46)48/h7-8,12-27,31-36H,1-3,5,9-11,28-30H2,4,6H3. The summed E-state index contributed by atoms with van der Waals surface area (Å²) in [5.41, 5.74) is 12.0. The first-order valence-electron chi connectivity index (χ1n) is 23.2. The van der Waals surface area contributed by atoms with Crippen LogP contribution in [0.3, 0.4) is 0 Å². The Kier molecular flexibility index (Phi) is 10.2. The predicted molar refractivity (Wildman–Crippen MR) is 280 cm³/mol. The monoisotopic (exact) mass is 870 g/mol. The molecule has 1 atom stereocenters. The summed E-state index contributed by atoms with van der Waals surface area (Å²) in [5, 5.41) is 14.8. The van der Waals surface area contributed by atoms with E-state index in [2.05, 4.69) is 166 Å². The van der Waals surface area contributed by atoms with Gasteiger partial charge in [-0.1, -0.05) is 141 Å². The van der Waals surface area contributed by atoms with Crippen molar-refractivity contribution in [3.05, 3.63) is 199 Å². The molecule has 0 spiro atoms. The molecule has 10 aromatic carbocycles. The van der Waals surface area contributed by atoms with Crippen LogP contribution in [0.15, 0.2) is 177 Å². The van der Waals surface area contributed by atoms with Gasteiger partial charge in [-0.05, 0) is 184 Å². The Morgan fingerprint density at radius 3 is 1.42 bits per heavy atom. The van der Waals surface area contributed by atoms with E-state index in [-0.39, 0.29) is 18.5 Å². The van der Waals surface area contributed by atoms with E-state index in [0.29, 0.717) is 30.6 Å². The molecular weight excluding hydrogens is 821 g/mol. The number of hydrogen-bond acceptors (Lipinski definition) is 4. The highest BCUT2D eigenvalue weighted by atomic mass is 16.5. The lowest BCUT2D eigenvalue weighted by atomic mass is 9.73. The highest BCUT2D eigenvalue weighted by molar-refractivity contribution is 6.27. The minimum absolute atomic E-state index is 0.285. The molecule has 4 heteroatoms. The average molecular weight is 871 g/mol. The lowest BCUT2D eigenvalue weighted by molar-refractivity contribution is -0.139. The third-order valence-electron chi connectivity index (χ3n) is 14.3. The van der Waals surface area contributed by atoms with Crippen LogP contribution in [0, 0.1) is 0 Å². The topological polar surface area (TPSA) is 52.6 Å². The molecule has 0 radical (unpaired) electrons. The zero-order chi connectivity index (χ0) is 46.1. The molecule has 0 saturated carbocycles. The first-order valence-corrected chi connectivity index (χ1v) is 23.2. The molecule has 1 aliphatic rings. The van der Waals surface area contributed by atoms with Gasteiger partial charge in [0.25, 0.3) is 0 Å². The van der Waals surface area contributed by atoms with Gasteiger partial charge in [0.2, 0.25) is 0 Å². The number of allylic oxidation sites excluding steroid dienone is 1. The molecule has 11 rings (SSSR count). The van der Waals surface area contributed by atoms with Crippen molar-refractivity contribution in [1.82, 2.24) is 0 Å². The third-order valence-corrected chi connectivity index (χ3v) is 14.3. The van der Waals surface area contributed by atoms with E-state index in [1.54, 1.807) is 13.8 Å². The van der Waals surface area contributed by atoms with Crippen LogP contribution in [0.4, 0.5) is 0 Å². The van der Waals surface area contributed by atoms with Gasteiger partial charge >= 0.3 is 11.9 Å². The highest BCUT2D eigenvalue weighted by Gasteiger charge is 2.41. The zero-order valence-electron chi connectivity index (χ0n) is 38.1. The Morgan fingerprint density at radius 1 is 0.507 bits per heavy atom. The van der Waals surface area contributed by atoms with Gasteiger partial charge in [-0.2, -0.15) is 0 Å². The molecule has 0 aromatic heterocycles. The van der Waals surface area contributed by atoms with E-state index in [9.17, 15) is 9.59 Å². The summed E-state index contributed by atoms with van der Waals surface area (Å²) in [5.74, 6) is -0.713. The van der Waals surface area contributed by atoms with E-state index in [1.165, 1.54) is 104 Å². The zero-order valence-corrected chi connectivity index (χ0v) is 38.1. The molecule has 0 bridgehead atoms. The minimum atomic E-state index is -0.555. The molecule has 0 fully saturated rings. The Morgan fingerprint density at radius 2 is 0.940 bits per heavy atom. The molecule has 0 heterocycles. The summed E-state index contributed by atoms with van der Waals surface area (Å²) in [7, 11) is 0. The number of carbonyl (C=O) groups excluding carboxylic acids is 2. The highest BCUT2D eigenvalue weighted by Crippen LogP contribution is 2.55. The molecule has 0 N–H and O–H groups in total. The summed E-state index contributed by atoms with van der Waals surface area (Å²) in [6.07, 6.45) is 6.93. The average Bonchev–Trinajstić information content (AvgIpc) is 3.62. The maximum atomic E-state index is 12.5. The van der Waals surface area contributed by atoms with Crippen LogP contribution in [-0.4, -0.2) is 25.2 Å². The van der Waals surface area contributed by atoms with E-state index >= 15 is 0 Å². The largest absolute Gasteiger partial charge is 0.462 e. The van der Waals surface area contributed by atoms with Gasteiger partial charge in [0.05, 0.1) is 13.2 Å². The third kappa shape index (κ3) is 6.81. The predicted octanol–water partition coefficient (Wildman–Crippen LogP) is 15.9. The Labute approximate surface area is 390 Å². The van der Waals surface area contributed by atoms with Crippen LogP contribution in [0.5, 0.6) is 0 Å². The van der Waals surface area contributed by atoms with Crippen LogP contribution in [0.2, 0.25) is 0 Å². The smallest absolute Gasteiger partial charge is 0.333 e. The minimum Gasteiger partial charge on any atom is -0.462 e. The molecule has 0 amide bonds. The number of fused-ring (bicyclic) bond motifs is 3. The second kappa shape index (κ2) is 16.3. The van der Waals surface area contributed by atoms with Crippen LogP contribution in [0.1, 0.15) is 55.4 Å². The normalized spacial score (nSPS) is 14.3. The number of aryl methyl sites for hydroxylation is 1. The number of benzene rings is 10. The second-order valence-corrected chi connectivity index (χ2v) is 18.5. The van der Waals surface area contributed by atoms with Gasteiger partial charge in [-0.25, -0.2) is 9.59 Å². The molecule has 10 aromatic rings. The summed E-state index contributed by atoms with van der Waals surface area (Å²) in [6, 6.07) is 49.9. The summed E-state index contributed by atoms with van der Waals surface area (Å²) >= 11 is 0. The molecule has 326 valence electrons. The van der Waals surface area contributed by atoms with E-state index in [1.807, 2.05) is 6.08 Å².